The topological polar surface area (TPSA) is 67.3 Å². The van der Waals surface area contributed by atoms with Gasteiger partial charge in [-0.05, 0) is 18.6 Å². The van der Waals surface area contributed by atoms with Crippen LogP contribution in [0.1, 0.15) is 6.42 Å². The van der Waals surface area contributed by atoms with E-state index in [1.807, 2.05) is 0 Å². The Morgan fingerprint density at radius 3 is 2.87 bits per heavy atom. The predicted molar refractivity (Wildman–Crippen MR) is 58.0 cm³/mol. The second kappa shape index (κ2) is 6.55. The van der Waals surface area contributed by atoms with Crippen molar-refractivity contribution in [1.29, 1.82) is 0 Å². The van der Waals surface area contributed by atoms with Crippen molar-refractivity contribution in [3.05, 3.63) is 17.3 Å². The molecule has 0 bridgehead atoms. The number of ether oxygens (including phenoxy) is 1. The van der Waals surface area contributed by atoms with Crippen LogP contribution in [0.4, 0.5) is 5.82 Å². The van der Waals surface area contributed by atoms with Crippen molar-refractivity contribution in [3.63, 3.8) is 0 Å². The smallest absolute Gasteiger partial charge is 0.151 e. The van der Waals surface area contributed by atoms with Crippen molar-refractivity contribution < 1.29 is 9.84 Å². The van der Waals surface area contributed by atoms with Crippen LogP contribution in [0, 0.1) is 0 Å². The van der Waals surface area contributed by atoms with E-state index in [2.05, 4.69) is 15.5 Å². The molecule has 0 aliphatic heterocycles. The summed E-state index contributed by atoms with van der Waals surface area (Å²) in [7, 11) is 1.61. The number of rotatable bonds is 6. The maximum Gasteiger partial charge on any atom is 0.151 e. The maximum absolute atomic E-state index is 8.83. The largest absolute Gasteiger partial charge is 0.396 e. The summed E-state index contributed by atoms with van der Waals surface area (Å²) in [5, 5.41) is 19.8. The molecule has 0 aliphatic carbocycles. The third-order valence-corrected chi connectivity index (χ3v) is 2.03. The number of aromatic nitrogens is 2. The summed E-state index contributed by atoms with van der Waals surface area (Å²) in [6.45, 7) is 0.604. The van der Waals surface area contributed by atoms with Crippen molar-refractivity contribution in [2.45, 2.75) is 12.5 Å². The molecule has 1 heterocycles. The van der Waals surface area contributed by atoms with Crippen molar-refractivity contribution >= 4 is 17.4 Å². The van der Waals surface area contributed by atoms with Crippen LogP contribution in [0.3, 0.4) is 0 Å². The molecule has 2 N–H and O–H groups in total. The van der Waals surface area contributed by atoms with Crippen molar-refractivity contribution in [2.75, 3.05) is 25.6 Å². The van der Waals surface area contributed by atoms with Gasteiger partial charge in [-0.1, -0.05) is 11.6 Å². The van der Waals surface area contributed by atoms with Gasteiger partial charge < -0.3 is 15.2 Å². The van der Waals surface area contributed by atoms with Gasteiger partial charge in [0.1, 0.15) is 5.82 Å². The fourth-order valence-corrected chi connectivity index (χ4v) is 1.26. The van der Waals surface area contributed by atoms with Gasteiger partial charge in [-0.15, -0.1) is 10.2 Å². The second-order valence-corrected chi connectivity index (χ2v) is 3.44. The van der Waals surface area contributed by atoms with Gasteiger partial charge in [-0.3, -0.25) is 0 Å². The molecule has 15 heavy (non-hydrogen) atoms. The van der Waals surface area contributed by atoms with Gasteiger partial charge in [-0.2, -0.15) is 0 Å². The number of halogens is 1. The minimum Gasteiger partial charge on any atom is -0.396 e. The summed E-state index contributed by atoms with van der Waals surface area (Å²) < 4.78 is 5.00. The van der Waals surface area contributed by atoms with Gasteiger partial charge >= 0.3 is 0 Å². The molecule has 0 spiro atoms. The number of aliphatic hydroxyl groups excluding tert-OH is 1. The Balaban J connectivity index is 2.53. The van der Waals surface area contributed by atoms with Crippen LogP contribution in [0.25, 0.3) is 0 Å². The lowest BCUT2D eigenvalue weighted by molar-refractivity contribution is 0.170. The highest BCUT2D eigenvalue weighted by atomic mass is 35.5. The molecule has 1 aromatic heterocycles. The zero-order valence-electron chi connectivity index (χ0n) is 8.48. The predicted octanol–water partition coefficient (Wildman–Crippen LogP) is 0.939. The van der Waals surface area contributed by atoms with Crippen molar-refractivity contribution in [3.8, 4) is 0 Å². The lowest BCUT2D eigenvalue weighted by Crippen LogP contribution is -2.26. The highest BCUT2D eigenvalue weighted by molar-refractivity contribution is 6.29. The third kappa shape index (κ3) is 4.42. The number of hydrogen-bond donors (Lipinski definition) is 2. The molecule has 0 fully saturated rings. The molecule has 1 unspecified atom stereocenters. The summed E-state index contributed by atoms with van der Waals surface area (Å²) in [6, 6.07) is 3.41. The van der Waals surface area contributed by atoms with Gasteiger partial charge in [0.2, 0.25) is 0 Å². The fraction of sp³-hybridized carbons (Fsp3) is 0.556. The van der Waals surface area contributed by atoms with Crippen molar-refractivity contribution in [1.82, 2.24) is 10.2 Å². The number of methoxy groups -OCH3 is 1. The van der Waals surface area contributed by atoms with Crippen LogP contribution in [-0.4, -0.2) is 41.7 Å². The molecule has 1 aromatic rings. The number of aliphatic hydroxyl groups is 1. The highest BCUT2D eigenvalue weighted by Crippen LogP contribution is 2.08. The first-order chi connectivity index (χ1) is 7.26. The lowest BCUT2D eigenvalue weighted by Gasteiger charge is -2.16. The van der Waals surface area contributed by atoms with Crippen LogP contribution in [0.15, 0.2) is 12.1 Å². The molecule has 6 heteroatoms. The summed E-state index contributed by atoms with van der Waals surface area (Å²) in [6.07, 6.45) is 0.595. The summed E-state index contributed by atoms with van der Waals surface area (Å²) in [5.41, 5.74) is 0. The molecular formula is C9H14ClN3O2. The van der Waals surface area contributed by atoms with Gasteiger partial charge in [0.15, 0.2) is 5.15 Å². The van der Waals surface area contributed by atoms with Gasteiger partial charge in [0, 0.05) is 13.7 Å². The van der Waals surface area contributed by atoms with Gasteiger partial charge in [0.25, 0.3) is 0 Å². The molecule has 0 amide bonds. The highest BCUT2D eigenvalue weighted by Gasteiger charge is 2.08. The number of nitrogens with zero attached hydrogens (tertiary/aromatic N) is 2. The Labute approximate surface area is 93.4 Å². The van der Waals surface area contributed by atoms with Crippen LogP contribution < -0.4 is 5.32 Å². The van der Waals surface area contributed by atoms with Gasteiger partial charge in [-0.25, -0.2) is 0 Å². The Morgan fingerprint density at radius 2 is 2.33 bits per heavy atom. The molecule has 0 radical (unpaired) electrons. The SMILES string of the molecule is COCC(CCO)Nc1ccc(Cl)nn1. The standard InChI is InChI=1S/C9H14ClN3O2/c1-15-6-7(4-5-14)11-9-3-2-8(10)12-13-9/h2-3,7,14H,4-6H2,1H3,(H,11,13). The first-order valence-electron chi connectivity index (χ1n) is 4.62. The van der Waals surface area contributed by atoms with E-state index in [1.54, 1.807) is 19.2 Å². The minimum atomic E-state index is 0.0236. The van der Waals surface area contributed by atoms with E-state index in [1.165, 1.54) is 0 Å². The van der Waals surface area contributed by atoms with E-state index >= 15 is 0 Å². The minimum absolute atomic E-state index is 0.0236. The van der Waals surface area contributed by atoms with Crippen LogP contribution in [-0.2, 0) is 4.74 Å². The monoisotopic (exact) mass is 231 g/mol. The molecule has 1 rings (SSSR count). The lowest BCUT2D eigenvalue weighted by atomic mass is 10.2. The molecule has 0 aliphatic rings. The first kappa shape index (κ1) is 12.2. The Morgan fingerprint density at radius 1 is 1.53 bits per heavy atom. The van der Waals surface area contributed by atoms with Crippen LogP contribution >= 0.6 is 11.6 Å². The van der Waals surface area contributed by atoms with E-state index in [4.69, 9.17) is 21.4 Å². The second-order valence-electron chi connectivity index (χ2n) is 3.05. The molecule has 84 valence electrons. The van der Waals surface area contributed by atoms with E-state index in [0.29, 0.717) is 24.0 Å². The number of anilines is 1. The van der Waals surface area contributed by atoms with E-state index in [0.717, 1.165) is 0 Å². The quantitative estimate of drug-likeness (QED) is 0.763. The molecule has 0 saturated carbocycles. The Hall–Kier alpha value is -0.910. The van der Waals surface area contributed by atoms with E-state index in [9.17, 15) is 0 Å². The average molecular weight is 232 g/mol. The zero-order valence-corrected chi connectivity index (χ0v) is 9.24. The number of nitrogens with one attached hydrogen (secondary N) is 1. The average Bonchev–Trinajstić information content (AvgIpc) is 2.22. The fourth-order valence-electron chi connectivity index (χ4n) is 1.16. The molecular weight excluding hydrogens is 218 g/mol. The molecule has 0 saturated heterocycles. The zero-order chi connectivity index (χ0) is 11.1. The van der Waals surface area contributed by atoms with E-state index < -0.39 is 0 Å². The third-order valence-electron chi connectivity index (χ3n) is 1.83. The first-order valence-corrected chi connectivity index (χ1v) is 4.99. The van der Waals surface area contributed by atoms with Crippen LogP contribution in [0.2, 0.25) is 5.15 Å². The Kier molecular flexibility index (Phi) is 5.31. The van der Waals surface area contributed by atoms with E-state index in [-0.39, 0.29) is 12.6 Å². The molecule has 5 nitrogen and oxygen atoms in total. The normalized spacial score (nSPS) is 12.5. The summed E-state index contributed by atoms with van der Waals surface area (Å²) in [5.74, 6) is 0.620. The summed E-state index contributed by atoms with van der Waals surface area (Å²) in [4.78, 5) is 0. The number of hydrogen-bond acceptors (Lipinski definition) is 5. The molecule has 1 atom stereocenters. The van der Waals surface area contributed by atoms with Gasteiger partial charge in [0.05, 0.1) is 12.6 Å². The summed E-state index contributed by atoms with van der Waals surface area (Å²) >= 11 is 5.60. The van der Waals surface area contributed by atoms with Crippen molar-refractivity contribution in [2.24, 2.45) is 0 Å². The van der Waals surface area contributed by atoms with Crippen LogP contribution in [0.5, 0.6) is 0 Å². The Bertz CT molecular complexity index is 275. The molecule has 0 aromatic carbocycles. The maximum atomic E-state index is 8.83.